The number of hydrogen-bond donors (Lipinski definition) is 1. The average molecular weight is 379 g/mol. The van der Waals surface area contributed by atoms with E-state index in [4.69, 9.17) is 0 Å². The molecule has 0 saturated carbocycles. The molecule has 1 N–H and O–H groups in total. The lowest BCUT2D eigenvalue weighted by atomic mass is 9.87. The van der Waals surface area contributed by atoms with Crippen molar-refractivity contribution in [1.82, 2.24) is 14.9 Å². The molecule has 5 nitrogen and oxygen atoms in total. The van der Waals surface area contributed by atoms with Crippen molar-refractivity contribution < 1.29 is 4.79 Å². The summed E-state index contributed by atoms with van der Waals surface area (Å²) < 4.78 is 1.76. The molecule has 3 heterocycles. The number of fused-ring (bicyclic) bond motifs is 3. The van der Waals surface area contributed by atoms with Gasteiger partial charge in [0, 0.05) is 13.0 Å². The molecule has 138 valence electrons. The van der Waals surface area contributed by atoms with Crippen LogP contribution in [0.15, 0.2) is 29.1 Å². The number of benzene rings is 1. The Hall–Kier alpha value is -2.47. The van der Waals surface area contributed by atoms with Crippen molar-refractivity contribution in [3.05, 3.63) is 62.0 Å². The Bertz CT molecular complexity index is 1130. The highest BCUT2D eigenvalue weighted by Crippen LogP contribution is 2.32. The molecule has 1 unspecified atom stereocenters. The first kappa shape index (κ1) is 16.7. The second kappa shape index (κ2) is 6.30. The van der Waals surface area contributed by atoms with Crippen LogP contribution < -0.4 is 10.9 Å². The number of thiophene rings is 1. The van der Waals surface area contributed by atoms with E-state index < -0.39 is 0 Å². The standard InChI is InChI=1S/C21H21N3O2S/c1-12-17-20(23-16-10-5-11-24(16)21(17)26)27-18(12)19(25)22-15-9-4-7-13-6-2-3-8-14(13)15/h2-3,6,8,15H,4-5,7,9-11H2,1H3,(H,22,25). The average Bonchev–Trinajstić information content (AvgIpc) is 3.27. The lowest BCUT2D eigenvalue weighted by Crippen LogP contribution is -2.30. The molecule has 1 aliphatic carbocycles. The van der Waals surface area contributed by atoms with Gasteiger partial charge in [-0.15, -0.1) is 11.3 Å². The fourth-order valence-corrected chi connectivity index (χ4v) is 5.51. The van der Waals surface area contributed by atoms with E-state index in [1.54, 1.807) is 4.57 Å². The summed E-state index contributed by atoms with van der Waals surface area (Å²) in [6.45, 7) is 2.60. The molecular weight excluding hydrogens is 358 g/mol. The number of nitrogens with zero attached hydrogens (tertiary/aromatic N) is 2. The molecule has 1 atom stereocenters. The van der Waals surface area contributed by atoms with E-state index in [-0.39, 0.29) is 17.5 Å². The van der Waals surface area contributed by atoms with Gasteiger partial charge >= 0.3 is 0 Å². The second-order valence-corrected chi connectivity index (χ2v) is 8.44. The fraction of sp³-hybridized carbons (Fsp3) is 0.381. The minimum atomic E-state index is -0.0956. The molecule has 6 heteroatoms. The summed E-state index contributed by atoms with van der Waals surface area (Å²) in [4.78, 5) is 31.8. The Morgan fingerprint density at radius 3 is 3.00 bits per heavy atom. The van der Waals surface area contributed by atoms with Crippen LogP contribution in [0, 0.1) is 6.92 Å². The summed E-state index contributed by atoms with van der Waals surface area (Å²) >= 11 is 1.35. The first-order valence-corrected chi connectivity index (χ1v) is 10.4. The minimum absolute atomic E-state index is 0.00307. The third kappa shape index (κ3) is 2.62. The van der Waals surface area contributed by atoms with Crippen LogP contribution in [0.25, 0.3) is 10.2 Å². The van der Waals surface area contributed by atoms with Crippen molar-refractivity contribution >= 4 is 27.5 Å². The van der Waals surface area contributed by atoms with Crippen molar-refractivity contribution in [3.8, 4) is 0 Å². The molecule has 0 radical (unpaired) electrons. The van der Waals surface area contributed by atoms with Gasteiger partial charge in [-0.3, -0.25) is 14.2 Å². The topological polar surface area (TPSA) is 64.0 Å². The van der Waals surface area contributed by atoms with E-state index in [1.807, 2.05) is 13.0 Å². The van der Waals surface area contributed by atoms with E-state index >= 15 is 0 Å². The molecule has 0 spiro atoms. The number of nitrogens with one attached hydrogen (secondary N) is 1. The first-order chi connectivity index (χ1) is 13.1. The van der Waals surface area contributed by atoms with Gasteiger partial charge in [-0.2, -0.15) is 0 Å². The van der Waals surface area contributed by atoms with Crippen LogP contribution in [-0.2, 0) is 19.4 Å². The highest BCUT2D eigenvalue weighted by Gasteiger charge is 2.26. The van der Waals surface area contributed by atoms with Crippen LogP contribution in [0.3, 0.4) is 0 Å². The summed E-state index contributed by atoms with van der Waals surface area (Å²) in [7, 11) is 0. The van der Waals surface area contributed by atoms with Crippen LogP contribution >= 0.6 is 11.3 Å². The zero-order valence-electron chi connectivity index (χ0n) is 15.2. The van der Waals surface area contributed by atoms with Crippen molar-refractivity contribution in [2.45, 2.75) is 51.6 Å². The van der Waals surface area contributed by atoms with Crippen LogP contribution in [0.1, 0.15) is 57.5 Å². The summed E-state index contributed by atoms with van der Waals surface area (Å²) in [5.74, 6) is 0.753. The summed E-state index contributed by atoms with van der Waals surface area (Å²) in [5, 5.41) is 3.82. The van der Waals surface area contributed by atoms with E-state index in [0.29, 0.717) is 15.1 Å². The number of rotatable bonds is 2. The minimum Gasteiger partial charge on any atom is -0.345 e. The number of aryl methyl sites for hydroxylation is 3. The third-order valence-electron chi connectivity index (χ3n) is 5.79. The zero-order chi connectivity index (χ0) is 18.5. The Morgan fingerprint density at radius 1 is 1.26 bits per heavy atom. The van der Waals surface area contributed by atoms with Gasteiger partial charge in [0.15, 0.2) is 0 Å². The van der Waals surface area contributed by atoms with Crippen molar-refractivity contribution in [2.24, 2.45) is 0 Å². The fourth-order valence-electron chi connectivity index (χ4n) is 4.42. The van der Waals surface area contributed by atoms with Crippen molar-refractivity contribution in [3.63, 3.8) is 0 Å². The molecule has 5 rings (SSSR count). The molecule has 3 aromatic rings. The predicted molar refractivity (Wildman–Crippen MR) is 107 cm³/mol. The Labute approximate surface area is 161 Å². The number of carbonyl (C=O) groups excluding carboxylic acids is 1. The maximum Gasteiger partial charge on any atom is 0.262 e. The molecule has 27 heavy (non-hydrogen) atoms. The van der Waals surface area contributed by atoms with Gasteiger partial charge in [0.05, 0.1) is 16.3 Å². The lowest BCUT2D eigenvalue weighted by Gasteiger charge is -2.26. The van der Waals surface area contributed by atoms with Gasteiger partial charge in [0.1, 0.15) is 10.7 Å². The molecule has 1 aliphatic heterocycles. The second-order valence-electron chi connectivity index (χ2n) is 7.44. The van der Waals surface area contributed by atoms with E-state index in [1.165, 1.54) is 22.5 Å². The molecular formula is C21H21N3O2S. The molecule has 0 fully saturated rings. The van der Waals surface area contributed by atoms with Crippen molar-refractivity contribution in [2.75, 3.05) is 0 Å². The Balaban J connectivity index is 1.51. The summed E-state index contributed by atoms with van der Waals surface area (Å²) in [6, 6.07) is 8.37. The highest BCUT2D eigenvalue weighted by atomic mass is 32.1. The van der Waals surface area contributed by atoms with Crippen LogP contribution in [-0.4, -0.2) is 15.5 Å². The van der Waals surface area contributed by atoms with E-state index in [0.717, 1.165) is 50.0 Å². The normalized spacial score (nSPS) is 18.3. The van der Waals surface area contributed by atoms with Crippen molar-refractivity contribution in [1.29, 1.82) is 0 Å². The summed E-state index contributed by atoms with van der Waals surface area (Å²) in [5.41, 5.74) is 3.30. The largest absolute Gasteiger partial charge is 0.345 e. The maximum atomic E-state index is 13.0. The smallest absolute Gasteiger partial charge is 0.262 e. The van der Waals surface area contributed by atoms with Gasteiger partial charge in [-0.1, -0.05) is 24.3 Å². The maximum absolute atomic E-state index is 13.0. The monoisotopic (exact) mass is 379 g/mol. The molecule has 2 aliphatic rings. The van der Waals surface area contributed by atoms with Gasteiger partial charge < -0.3 is 5.32 Å². The predicted octanol–water partition coefficient (Wildman–Crippen LogP) is 3.52. The molecule has 2 aromatic heterocycles. The number of aromatic nitrogens is 2. The molecule has 0 bridgehead atoms. The van der Waals surface area contributed by atoms with Gasteiger partial charge in [0.2, 0.25) is 0 Å². The Kier molecular flexibility index (Phi) is 3.90. The molecule has 0 saturated heterocycles. The van der Waals surface area contributed by atoms with Gasteiger partial charge in [0.25, 0.3) is 11.5 Å². The number of amides is 1. The molecule has 1 amide bonds. The van der Waals surface area contributed by atoms with Crippen LogP contribution in [0.2, 0.25) is 0 Å². The Morgan fingerprint density at radius 2 is 2.11 bits per heavy atom. The molecule has 1 aromatic carbocycles. The van der Waals surface area contributed by atoms with Gasteiger partial charge in [-0.25, -0.2) is 4.98 Å². The first-order valence-electron chi connectivity index (χ1n) is 9.55. The number of carbonyl (C=O) groups is 1. The zero-order valence-corrected chi connectivity index (χ0v) is 16.1. The van der Waals surface area contributed by atoms with Gasteiger partial charge in [-0.05, 0) is 49.3 Å². The summed E-state index contributed by atoms with van der Waals surface area (Å²) in [6.07, 6.45) is 4.89. The number of hydrogen-bond acceptors (Lipinski definition) is 4. The van der Waals surface area contributed by atoms with E-state index in [2.05, 4.69) is 28.5 Å². The quantitative estimate of drug-likeness (QED) is 0.741. The highest BCUT2D eigenvalue weighted by molar-refractivity contribution is 7.20. The van der Waals surface area contributed by atoms with Crippen LogP contribution in [0.5, 0.6) is 0 Å². The third-order valence-corrected chi connectivity index (χ3v) is 6.98. The SMILES string of the molecule is Cc1c(C(=O)NC2CCCc3ccccc32)sc2nc3n(c(=O)c12)CCC3. The van der Waals surface area contributed by atoms with Crippen LogP contribution in [0.4, 0.5) is 0 Å². The lowest BCUT2D eigenvalue weighted by molar-refractivity contribution is 0.0936. The van der Waals surface area contributed by atoms with E-state index in [9.17, 15) is 9.59 Å².